The molecule has 2 aromatic rings. The third kappa shape index (κ3) is 3.70. The van der Waals surface area contributed by atoms with Crippen LogP contribution in [0.4, 0.5) is 0 Å². The van der Waals surface area contributed by atoms with Crippen molar-refractivity contribution in [1.82, 2.24) is 10.1 Å². The van der Waals surface area contributed by atoms with Gasteiger partial charge in [0.25, 0.3) is 0 Å². The van der Waals surface area contributed by atoms with E-state index in [0.717, 1.165) is 17.9 Å². The highest BCUT2D eigenvalue weighted by atomic mass is 16.5. The number of nitrogens with zero attached hydrogens (tertiary/aromatic N) is 2. The molecule has 0 spiro atoms. The Labute approximate surface area is 119 Å². The normalized spacial score (nSPS) is 10.6. The first-order valence-electron chi connectivity index (χ1n) is 6.77. The van der Waals surface area contributed by atoms with Crippen LogP contribution in [0, 0.1) is 13.8 Å². The van der Waals surface area contributed by atoms with E-state index in [1.54, 1.807) is 11.9 Å². The molecule has 106 valence electrons. The lowest BCUT2D eigenvalue weighted by Crippen LogP contribution is -2.26. The molecule has 0 bridgehead atoms. The fraction of sp³-hybridized carbons (Fsp3) is 0.375. The molecule has 0 radical (unpaired) electrons. The molecule has 0 aliphatic heterocycles. The lowest BCUT2D eigenvalue weighted by Gasteiger charge is -2.15. The minimum absolute atomic E-state index is 0.119. The second-order valence-corrected chi connectivity index (χ2v) is 5.11. The van der Waals surface area contributed by atoms with Gasteiger partial charge in [0.2, 0.25) is 5.91 Å². The van der Waals surface area contributed by atoms with E-state index in [1.807, 2.05) is 25.1 Å². The highest BCUT2D eigenvalue weighted by Gasteiger charge is 2.12. The van der Waals surface area contributed by atoms with Crippen molar-refractivity contribution < 1.29 is 9.32 Å². The SMILES string of the molecule is Cc1cc(CN(C)C(=O)CCc2ccccc2C)no1. The Morgan fingerprint density at radius 2 is 2.05 bits per heavy atom. The number of hydrogen-bond donors (Lipinski definition) is 0. The second kappa shape index (κ2) is 6.37. The van der Waals surface area contributed by atoms with Crippen LogP contribution < -0.4 is 0 Å². The Bertz CT molecular complexity index is 590. The lowest BCUT2D eigenvalue weighted by atomic mass is 10.0. The maximum Gasteiger partial charge on any atom is 0.222 e. The molecule has 1 aromatic carbocycles. The quantitative estimate of drug-likeness (QED) is 0.840. The van der Waals surface area contributed by atoms with Gasteiger partial charge < -0.3 is 9.42 Å². The van der Waals surface area contributed by atoms with E-state index < -0.39 is 0 Å². The van der Waals surface area contributed by atoms with Crippen LogP contribution in [-0.2, 0) is 17.8 Å². The van der Waals surface area contributed by atoms with Gasteiger partial charge in [-0.2, -0.15) is 0 Å². The molecule has 1 heterocycles. The van der Waals surface area contributed by atoms with E-state index in [-0.39, 0.29) is 5.91 Å². The topological polar surface area (TPSA) is 46.3 Å². The summed E-state index contributed by atoms with van der Waals surface area (Å²) in [5.74, 6) is 0.884. The molecule has 4 heteroatoms. The number of amides is 1. The van der Waals surface area contributed by atoms with E-state index in [0.29, 0.717) is 13.0 Å². The molecule has 2 rings (SSSR count). The number of hydrogen-bond acceptors (Lipinski definition) is 3. The molecular formula is C16H20N2O2. The van der Waals surface area contributed by atoms with Gasteiger partial charge in [0.05, 0.1) is 6.54 Å². The van der Waals surface area contributed by atoms with Crippen molar-refractivity contribution in [2.75, 3.05) is 7.05 Å². The second-order valence-electron chi connectivity index (χ2n) is 5.11. The summed E-state index contributed by atoms with van der Waals surface area (Å²) in [6.07, 6.45) is 1.28. The van der Waals surface area contributed by atoms with Gasteiger partial charge in [-0.1, -0.05) is 29.4 Å². The van der Waals surface area contributed by atoms with Gasteiger partial charge in [-0.3, -0.25) is 4.79 Å². The maximum absolute atomic E-state index is 12.1. The summed E-state index contributed by atoms with van der Waals surface area (Å²) < 4.78 is 5.00. The summed E-state index contributed by atoms with van der Waals surface area (Å²) in [5.41, 5.74) is 3.25. The van der Waals surface area contributed by atoms with Crippen molar-refractivity contribution in [2.45, 2.75) is 33.2 Å². The first-order chi connectivity index (χ1) is 9.56. The molecule has 1 amide bonds. The number of aryl methyl sites for hydroxylation is 3. The molecule has 0 atom stereocenters. The predicted octanol–water partition coefficient (Wildman–Crippen LogP) is 2.88. The van der Waals surface area contributed by atoms with Gasteiger partial charge in [-0.05, 0) is 31.4 Å². The average Bonchev–Trinajstić information content (AvgIpc) is 2.82. The van der Waals surface area contributed by atoms with E-state index in [9.17, 15) is 4.79 Å². The van der Waals surface area contributed by atoms with Gasteiger partial charge in [-0.25, -0.2) is 0 Å². The number of carbonyl (C=O) groups is 1. The number of rotatable bonds is 5. The molecule has 0 saturated carbocycles. The summed E-state index contributed by atoms with van der Waals surface area (Å²) in [4.78, 5) is 13.8. The first-order valence-corrected chi connectivity index (χ1v) is 6.77. The van der Waals surface area contributed by atoms with Crippen LogP contribution in [0.15, 0.2) is 34.9 Å². The largest absolute Gasteiger partial charge is 0.361 e. The molecule has 0 aliphatic rings. The minimum atomic E-state index is 0.119. The van der Waals surface area contributed by atoms with E-state index in [4.69, 9.17) is 4.52 Å². The smallest absolute Gasteiger partial charge is 0.222 e. The Balaban J connectivity index is 1.87. The number of benzene rings is 1. The molecular weight excluding hydrogens is 252 g/mol. The molecule has 0 unspecified atom stereocenters. The van der Waals surface area contributed by atoms with Gasteiger partial charge in [0.15, 0.2) is 0 Å². The first kappa shape index (κ1) is 14.3. The summed E-state index contributed by atoms with van der Waals surface area (Å²) in [5, 5.41) is 3.90. The Morgan fingerprint density at radius 1 is 1.30 bits per heavy atom. The van der Waals surface area contributed by atoms with Crippen LogP contribution >= 0.6 is 0 Å². The molecule has 0 saturated heterocycles. The Kier molecular flexibility index (Phi) is 4.56. The van der Waals surface area contributed by atoms with E-state index >= 15 is 0 Å². The van der Waals surface area contributed by atoms with Gasteiger partial charge >= 0.3 is 0 Å². The van der Waals surface area contributed by atoms with Gasteiger partial charge in [0.1, 0.15) is 11.5 Å². The summed E-state index contributed by atoms with van der Waals surface area (Å²) in [6, 6.07) is 10.0. The fourth-order valence-electron chi connectivity index (χ4n) is 2.15. The fourth-order valence-corrected chi connectivity index (χ4v) is 2.15. The lowest BCUT2D eigenvalue weighted by molar-refractivity contribution is -0.130. The van der Waals surface area contributed by atoms with Crippen LogP contribution in [0.1, 0.15) is 29.0 Å². The molecule has 1 aromatic heterocycles. The zero-order valence-corrected chi connectivity index (χ0v) is 12.2. The third-order valence-electron chi connectivity index (χ3n) is 3.37. The van der Waals surface area contributed by atoms with Crippen LogP contribution in [0.25, 0.3) is 0 Å². The van der Waals surface area contributed by atoms with E-state index in [2.05, 4.69) is 24.2 Å². The molecule has 4 nitrogen and oxygen atoms in total. The van der Waals surface area contributed by atoms with Crippen molar-refractivity contribution in [2.24, 2.45) is 0 Å². The molecule has 0 N–H and O–H groups in total. The van der Waals surface area contributed by atoms with Crippen molar-refractivity contribution in [3.8, 4) is 0 Å². The molecule has 20 heavy (non-hydrogen) atoms. The Hall–Kier alpha value is -2.10. The maximum atomic E-state index is 12.1. The Morgan fingerprint density at radius 3 is 2.70 bits per heavy atom. The average molecular weight is 272 g/mol. The van der Waals surface area contributed by atoms with Gasteiger partial charge in [0, 0.05) is 19.5 Å². The summed E-state index contributed by atoms with van der Waals surface area (Å²) in [6.45, 7) is 4.40. The zero-order valence-electron chi connectivity index (χ0n) is 12.2. The third-order valence-corrected chi connectivity index (χ3v) is 3.37. The number of aromatic nitrogens is 1. The summed E-state index contributed by atoms with van der Waals surface area (Å²) in [7, 11) is 1.80. The van der Waals surface area contributed by atoms with Crippen LogP contribution in [0.5, 0.6) is 0 Å². The zero-order chi connectivity index (χ0) is 14.5. The molecule has 0 fully saturated rings. The van der Waals surface area contributed by atoms with Crippen molar-refractivity contribution in [3.05, 3.63) is 52.9 Å². The monoisotopic (exact) mass is 272 g/mol. The van der Waals surface area contributed by atoms with E-state index in [1.165, 1.54) is 11.1 Å². The standard InChI is InChI=1S/C16H20N2O2/c1-12-6-4-5-7-14(12)8-9-16(19)18(3)11-15-10-13(2)20-17-15/h4-7,10H,8-9,11H2,1-3H3. The highest BCUT2D eigenvalue weighted by Crippen LogP contribution is 2.11. The number of carbonyl (C=O) groups excluding carboxylic acids is 1. The van der Waals surface area contributed by atoms with Gasteiger partial charge in [-0.15, -0.1) is 0 Å². The van der Waals surface area contributed by atoms with Crippen LogP contribution in [0.3, 0.4) is 0 Å². The van der Waals surface area contributed by atoms with Crippen molar-refractivity contribution >= 4 is 5.91 Å². The minimum Gasteiger partial charge on any atom is -0.361 e. The molecule has 0 aliphatic carbocycles. The van der Waals surface area contributed by atoms with Crippen molar-refractivity contribution in [1.29, 1.82) is 0 Å². The van der Waals surface area contributed by atoms with Crippen molar-refractivity contribution in [3.63, 3.8) is 0 Å². The van der Waals surface area contributed by atoms with Crippen LogP contribution in [-0.4, -0.2) is 23.0 Å². The summed E-state index contributed by atoms with van der Waals surface area (Å²) >= 11 is 0. The predicted molar refractivity (Wildman–Crippen MR) is 77.2 cm³/mol. The highest BCUT2D eigenvalue weighted by molar-refractivity contribution is 5.76. The van der Waals surface area contributed by atoms with Crippen LogP contribution in [0.2, 0.25) is 0 Å².